The van der Waals surface area contributed by atoms with Gasteiger partial charge in [-0.3, -0.25) is 4.90 Å². The average Bonchev–Trinajstić information content (AvgIpc) is 2.35. The Morgan fingerprint density at radius 3 is 2.88 bits per heavy atom. The third kappa shape index (κ3) is 3.76. The summed E-state index contributed by atoms with van der Waals surface area (Å²) in [5.41, 5.74) is 0.983. The van der Waals surface area contributed by atoms with Crippen LogP contribution < -0.4 is 5.32 Å². The van der Waals surface area contributed by atoms with E-state index in [-0.39, 0.29) is 0 Å². The van der Waals surface area contributed by atoms with Crippen LogP contribution in [-0.4, -0.2) is 41.0 Å². The number of halogens is 1. The van der Waals surface area contributed by atoms with Crippen LogP contribution in [0.2, 0.25) is 5.02 Å². The second-order valence-electron chi connectivity index (χ2n) is 4.04. The first-order valence-corrected chi connectivity index (χ1v) is 7.52. The Bertz CT molecular complexity index is 367. The van der Waals surface area contributed by atoms with Gasteiger partial charge in [-0.15, -0.1) is 0 Å². The fourth-order valence-corrected chi connectivity index (χ4v) is 2.99. The van der Waals surface area contributed by atoms with Crippen molar-refractivity contribution >= 4 is 29.2 Å². The van der Waals surface area contributed by atoms with Gasteiger partial charge in [0, 0.05) is 37.7 Å². The molecule has 0 aromatic carbocycles. The van der Waals surface area contributed by atoms with Gasteiger partial charge < -0.3 is 5.32 Å². The van der Waals surface area contributed by atoms with Crippen LogP contribution in [0, 0.1) is 0 Å². The highest BCUT2D eigenvalue weighted by Crippen LogP contribution is 2.20. The van der Waals surface area contributed by atoms with E-state index in [1.165, 1.54) is 11.5 Å². The summed E-state index contributed by atoms with van der Waals surface area (Å²) in [7, 11) is 0. The zero-order valence-electron chi connectivity index (χ0n) is 10.1. The monoisotopic (exact) mass is 271 g/mol. The topological polar surface area (TPSA) is 28.2 Å². The molecule has 1 N–H and O–H groups in total. The van der Waals surface area contributed by atoms with Gasteiger partial charge in [0.25, 0.3) is 0 Å². The van der Waals surface area contributed by atoms with E-state index in [1.807, 2.05) is 23.9 Å². The van der Waals surface area contributed by atoms with Crippen LogP contribution in [0.3, 0.4) is 0 Å². The van der Waals surface area contributed by atoms with Crippen molar-refractivity contribution in [1.82, 2.24) is 9.88 Å². The summed E-state index contributed by atoms with van der Waals surface area (Å²) in [5.74, 6) is 3.34. The molecule has 0 spiro atoms. The van der Waals surface area contributed by atoms with Gasteiger partial charge in [-0.1, -0.05) is 11.6 Å². The minimum absolute atomic E-state index is 0.768. The Kier molecular flexibility index (Phi) is 4.95. The van der Waals surface area contributed by atoms with E-state index >= 15 is 0 Å². The lowest BCUT2D eigenvalue weighted by Gasteiger charge is -2.26. The summed E-state index contributed by atoms with van der Waals surface area (Å²) in [4.78, 5) is 6.98. The molecule has 1 aliphatic rings. The third-order valence-corrected chi connectivity index (χ3v) is 4.04. The number of hydrogen-bond acceptors (Lipinski definition) is 4. The molecule has 0 radical (unpaired) electrons. The van der Waals surface area contributed by atoms with E-state index in [2.05, 4.69) is 22.1 Å². The summed E-state index contributed by atoms with van der Waals surface area (Å²) >= 11 is 8.21. The van der Waals surface area contributed by atoms with Gasteiger partial charge in [0.05, 0.1) is 10.7 Å². The van der Waals surface area contributed by atoms with Crippen LogP contribution in [0.25, 0.3) is 0 Å². The van der Waals surface area contributed by atoms with Gasteiger partial charge in [-0.25, -0.2) is 4.98 Å². The van der Waals surface area contributed by atoms with E-state index in [1.54, 1.807) is 0 Å². The molecule has 0 aliphatic carbocycles. The second kappa shape index (κ2) is 6.47. The number of nitrogens with one attached hydrogen (secondary N) is 1. The van der Waals surface area contributed by atoms with Crippen LogP contribution in [-0.2, 0) is 6.54 Å². The van der Waals surface area contributed by atoms with Crippen molar-refractivity contribution in [2.45, 2.75) is 13.5 Å². The maximum atomic E-state index is 6.19. The first-order valence-electron chi connectivity index (χ1n) is 5.99. The van der Waals surface area contributed by atoms with Crippen molar-refractivity contribution in [2.75, 3.05) is 36.5 Å². The fourth-order valence-electron chi connectivity index (χ4n) is 1.85. The summed E-state index contributed by atoms with van der Waals surface area (Å²) in [6.45, 7) is 6.08. The fraction of sp³-hybridized carbons (Fsp3) is 0.583. The Hall–Kier alpha value is -0.450. The van der Waals surface area contributed by atoms with Crippen molar-refractivity contribution in [3.05, 3.63) is 22.8 Å². The molecule has 5 heteroatoms. The van der Waals surface area contributed by atoms with Gasteiger partial charge in [0.2, 0.25) is 0 Å². The van der Waals surface area contributed by atoms with Crippen molar-refractivity contribution in [3.63, 3.8) is 0 Å². The molecule has 2 rings (SSSR count). The smallest absolute Gasteiger partial charge is 0.126 e. The van der Waals surface area contributed by atoms with E-state index in [4.69, 9.17) is 11.6 Å². The molecule has 1 saturated heterocycles. The SMILES string of the molecule is CCNc1ccc(Cl)c(CN2CCSCC2)n1. The number of anilines is 1. The predicted molar refractivity (Wildman–Crippen MR) is 76.0 cm³/mol. The number of thioether (sulfide) groups is 1. The average molecular weight is 272 g/mol. The summed E-state index contributed by atoms with van der Waals surface area (Å²) in [5, 5.41) is 3.99. The standard InChI is InChI=1S/C12H18ClN3S/c1-2-14-12-4-3-10(13)11(15-12)9-16-5-7-17-8-6-16/h3-4H,2,5-9H2,1H3,(H,14,15). The summed E-state index contributed by atoms with van der Waals surface area (Å²) < 4.78 is 0. The lowest BCUT2D eigenvalue weighted by atomic mass is 10.3. The number of nitrogens with zero attached hydrogens (tertiary/aromatic N) is 2. The minimum atomic E-state index is 0.768. The molecule has 1 aliphatic heterocycles. The maximum absolute atomic E-state index is 6.19. The Morgan fingerprint density at radius 1 is 1.41 bits per heavy atom. The van der Waals surface area contributed by atoms with Crippen LogP contribution in [0.5, 0.6) is 0 Å². The molecule has 3 nitrogen and oxygen atoms in total. The number of pyridine rings is 1. The minimum Gasteiger partial charge on any atom is -0.370 e. The van der Waals surface area contributed by atoms with Crippen molar-refractivity contribution in [1.29, 1.82) is 0 Å². The van der Waals surface area contributed by atoms with Crippen molar-refractivity contribution in [3.8, 4) is 0 Å². The van der Waals surface area contributed by atoms with Crippen LogP contribution in [0.1, 0.15) is 12.6 Å². The van der Waals surface area contributed by atoms with Crippen LogP contribution in [0.4, 0.5) is 5.82 Å². The largest absolute Gasteiger partial charge is 0.370 e. The van der Waals surface area contributed by atoms with Gasteiger partial charge >= 0.3 is 0 Å². The Balaban J connectivity index is 2.04. The maximum Gasteiger partial charge on any atom is 0.126 e. The highest BCUT2D eigenvalue weighted by Gasteiger charge is 2.13. The zero-order valence-corrected chi connectivity index (χ0v) is 11.7. The van der Waals surface area contributed by atoms with Gasteiger partial charge in [-0.2, -0.15) is 11.8 Å². The first-order chi connectivity index (χ1) is 8.29. The number of hydrogen-bond donors (Lipinski definition) is 1. The van der Waals surface area contributed by atoms with Gasteiger partial charge in [-0.05, 0) is 19.1 Å². The van der Waals surface area contributed by atoms with Crippen molar-refractivity contribution in [2.24, 2.45) is 0 Å². The highest BCUT2D eigenvalue weighted by molar-refractivity contribution is 7.99. The molecule has 1 aromatic rings. The molecule has 1 fully saturated rings. The normalized spacial score (nSPS) is 17.1. The zero-order chi connectivity index (χ0) is 12.1. The van der Waals surface area contributed by atoms with Gasteiger partial charge in [0.1, 0.15) is 5.82 Å². The summed E-state index contributed by atoms with van der Waals surface area (Å²) in [6.07, 6.45) is 0. The molecule has 0 atom stereocenters. The van der Waals surface area contributed by atoms with E-state index < -0.39 is 0 Å². The molecule has 2 heterocycles. The van der Waals surface area contributed by atoms with Crippen LogP contribution in [0.15, 0.2) is 12.1 Å². The third-order valence-electron chi connectivity index (χ3n) is 2.75. The molecule has 0 bridgehead atoms. The molecule has 0 amide bonds. The molecule has 17 heavy (non-hydrogen) atoms. The quantitative estimate of drug-likeness (QED) is 0.912. The lowest BCUT2D eigenvalue weighted by molar-refractivity contribution is 0.291. The number of rotatable bonds is 4. The van der Waals surface area contributed by atoms with E-state index in [0.717, 1.165) is 42.7 Å². The van der Waals surface area contributed by atoms with E-state index in [9.17, 15) is 0 Å². The highest BCUT2D eigenvalue weighted by atomic mass is 35.5. The molecular weight excluding hydrogens is 254 g/mol. The van der Waals surface area contributed by atoms with Crippen LogP contribution >= 0.6 is 23.4 Å². The Labute approximate surface area is 112 Å². The second-order valence-corrected chi connectivity index (χ2v) is 5.68. The van der Waals surface area contributed by atoms with Gasteiger partial charge in [0.15, 0.2) is 0 Å². The molecule has 0 saturated carbocycles. The molecule has 0 unspecified atom stereocenters. The molecule has 94 valence electrons. The van der Waals surface area contributed by atoms with E-state index in [0.29, 0.717) is 0 Å². The lowest BCUT2D eigenvalue weighted by Crippen LogP contribution is -2.32. The molecule has 1 aromatic heterocycles. The Morgan fingerprint density at radius 2 is 2.18 bits per heavy atom. The van der Waals surface area contributed by atoms with Crippen molar-refractivity contribution < 1.29 is 0 Å². The summed E-state index contributed by atoms with van der Waals surface area (Å²) in [6, 6.07) is 3.86. The first kappa shape index (κ1) is 13.0. The molecular formula is C12H18ClN3S. The number of aromatic nitrogens is 1. The predicted octanol–water partition coefficient (Wildman–Crippen LogP) is 2.72.